The first-order chi connectivity index (χ1) is 16.3. The topological polar surface area (TPSA) is 41.5 Å². The van der Waals surface area contributed by atoms with Gasteiger partial charge in [-0.05, 0) is 60.0 Å². The lowest BCUT2D eigenvalue weighted by Crippen LogP contribution is -2.36. The van der Waals surface area contributed by atoms with Gasteiger partial charge in [0.25, 0.3) is 0 Å². The van der Waals surface area contributed by atoms with E-state index >= 15 is 0 Å². The Morgan fingerprint density at radius 1 is 0.818 bits per heavy atom. The van der Waals surface area contributed by atoms with Crippen molar-refractivity contribution in [2.75, 3.05) is 36.1 Å². The standard InChI is InChI=1S/C28H28N4O/c1-22(32(25-9-5-13-29-20-25)26-10-6-14-30-21-26)28-19-24(31-15-17-33-18-16-31)11-12-27(28)23-7-3-2-4-8-23/h2-14,19-22H,15-18H2,1H3. The van der Waals surface area contributed by atoms with E-state index in [0.29, 0.717) is 0 Å². The van der Waals surface area contributed by atoms with Gasteiger partial charge in [-0.2, -0.15) is 0 Å². The van der Waals surface area contributed by atoms with Crippen LogP contribution in [0.3, 0.4) is 0 Å². The van der Waals surface area contributed by atoms with Crippen LogP contribution >= 0.6 is 0 Å². The lowest BCUT2D eigenvalue weighted by Gasteiger charge is -2.34. The molecule has 1 aliphatic rings. The molecule has 2 aromatic heterocycles. The van der Waals surface area contributed by atoms with Crippen LogP contribution in [0.2, 0.25) is 0 Å². The molecule has 0 saturated carbocycles. The number of benzene rings is 2. The number of aromatic nitrogens is 2. The maximum Gasteiger partial charge on any atom is 0.0642 e. The van der Waals surface area contributed by atoms with Crippen LogP contribution in [0.25, 0.3) is 11.1 Å². The lowest BCUT2D eigenvalue weighted by atomic mass is 9.93. The van der Waals surface area contributed by atoms with E-state index < -0.39 is 0 Å². The molecule has 0 N–H and O–H groups in total. The number of hydrogen-bond acceptors (Lipinski definition) is 5. The molecule has 1 aliphatic heterocycles. The molecule has 1 atom stereocenters. The number of nitrogens with zero attached hydrogens (tertiary/aromatic N) is 4. The van der Waals surface area contributed by atoms with Crippen molar-refractivity contribution in [2.24, 2.45) is 0 Å². The van der Waals surface area contributed by atoms with Gasteiger partial charge in [-0.1, -0.05) is 36.4 Å². The second-order valence-corrected chi connectivity index (χ2v) is 8.21. The Hall–Kier alpha value is -3.70. The van der Waals surface area contributed by atoms with Crippen molar-refractivity contribution in [2.45, 2.75) is 13.0 Å². The van der Waals surface area contributed by atoms with E-state index in [0.717, 1.165) is 37.7 Å². The molecular weight excluding hydrogens is 408 g/mol. The predicted octanol–water partition coefficient (Wildman–Crippen LogP) is 5.88. The van der Waals surface area contributed by atoms with Crippen LogP contribution in [-0.4, -0.2) is 36.3 Å². The summed E-state index contributed by atoms with van der Waals surface area (Å²) < 4.78 is 5.58. The van der Waals surface area contributed by atoms with E-state index in [9.17, 15) is 0 Å². The Morgan fingerprint density at radius 2 is 1.48 bits per heavy atom. The van der Waals surface area contributed by atoms with E-state index in [1.54, 1.807) is 0 Å². The van der Waals surface area contributed by atoms with Gasteiger partial charge in [0.15, 0.2) is 0 Å². The average Bonchev–Trinajstić information content (AvgIpc) is 2.91. The second-order valence-electron chi connectivity index (χ2n) is 8.21. The summed E-state index contributed by atoms with van der Waals surface area (Å²) in [5.41, 5.74) is 7.01. The molecule has 0 radical (unpaired) electrons. The third kappa shape index (κ3) is 4.59. The second kappa shape index (κ2) is 9.84. The van der Waals surface area contributed by atoms with Crippen LogP contribution in [0.4, 0.5) is 17.1 Å². The summed E-state index contributed by atoms with van der Waals surface area (Å²) >= 11 is 0. The van der Waals surface area contributed by atoms with Crippen molar-refractivity contribution >= 4 is 17.1 Å². The summed E-state index contributed by atoms with van der Waals surface area (Å²) in [7, 11) is 0. The van der Waals surface area contributed by atoms with Crippen molar-refractivity contribution < 1.29 is 4.74 Å². The molecule has 5 rings (SSSR count). The van der Waals surface area contributed by atoms with Crippen LogP contribution in [0.5, 0.6) is 0 Å². The number of pyridine rings is 2. The maximum atomic E-state index is 5.58. The van der Waals surface area contributed by atoms with E-state index in [1.165, 1.54) is 22.4 Å². The molecule has 5 heteroatoms. The Kier molecular flexibility index (Phi) is 6.31. The molecule has 0 spiro atoms. The summed E-state index contributed by atoms with van der Waals surface area (Å²) in [6.45, 7) is 5.61. The van der Waals surface area contributed by atoms with Crippen LogP contribution < -0.4 is 9.80 Å². The highest BCUT2D eigenvalue weighted by Gasteiger charge is 2.23. The summed E-state index contributed by atoms with van der Waals surface area (Å²) in [5.74, 6) is 0. The lowest BCUT2D eigenvalue weighted by molar-refractivity contribution is 0.122. The summed E-state index contributed by atoms with van der Waals surface area (Å²) in [6.07, 6.45) is 7.45. The zero-order valence-corrected chi connectivity index (χ0v) is 18.8. The van der Waals surface area contributed by atoms with Crippen LogP contribution in [0.15, 0.2) is 97.6 Å². The molecule has 1 unspecified atom stereocenters. The number of ether oxygens (including phenoxy) is 1. The Labute approximate surface area is 195 Å². The minimum Gasteiger partial charge on any atom is -0.378 e. The highest BCUT2D eigenvalue weighted by Crippen LogP contribution is 2.39. The summed E-state index contributed by atoms with van der Waals surface area (Å²) in [5, 5.41) is 0. The molecule has 0 amide bonds. The molecule has 2 aromatic carbocycles. The van der Waals surface area contributed by atoms with E-state index in [2.05, 4.69) is 87.4 Å². The smallest absolute Gasteiger partial charge is 0.0642 e. The zero-order chi connectivity index (χ0) is 22.5. The van der Waals surface area contributed by atoms with Crippen LogP contribution in [0.1, 0.15) is 18.5 Å². The number of rotatable bonds is 6. The first kappa shape index (κ1) is 21.2. The monoisotopic (exact) mass is 436 g/mol. The first-order valence-corrected chi connectivity index (χ1v) is 11.4. The predicted molar refractivity (Wildman–Crippen MR) is 134 cm³/mol. The molecule has 0 bridgehead atoms. The van der Waals surface area contributed by atoms with Gasteiger partial charge in [-0.15, -0.1) is 0 Å². The molecular formula is C28H28N4O. The van der Waals surface area contributed by atoms with E-state index in [4.69, 9.17) is 4.74 Å². The SMILES string of the molecule is CC(c1cc(N2CCOCC2)ccc1-c1ccccc1)N(c1cccnc1)c1cccnc1. The average molecular weight is 437 g/mol. The van der Waals surface area contributed by atoms with Gasteiger partial charge in [0.1, 0.15) is 0 Å². The van der Waals surface area contributed by atoms with Crippen molar-refractivity contribution in [3.05, 3.63) is 103 Å². The largest absolute Gasteiger partial charge is 0.378 e. The molecule has 0 aliphatic carbocycles. The minimum absolute atomic E-state index is 0.0506. The quantitative estimate of drug-likeness (QED) is 0.378. The molecule has 5 nitrogen and oxygen atoms in total. The van der Waals surface area contributed by atoms with Gasteiger partial charge in [0.2, 0.25) is 0 Å². The van der Waals surface area contributed by atoms with Crippen LogP contribution in [-0.2, 0) is 4.74 Å². The third-order valence-electron chi connectivity index (χ3n) is 6.18. The van der Waals surface area contributed by atoms with Crippen molar-refractivity contribution in [3.63, 3.8) is 0 Å². The maximum absolute atomic E-state index is 5.58. The number of anilines is 3. The van der Waals surface area contributed by atoms with E-state index in [-0.39, 0.29) is 6.04 Å². The zero-order valence-electron chi connectivity index (χ0n) is 18.8. The fourth-order valence-electron chi connectivity index (χ4n) is 4.52. The van der Waals surface area contributed by atoms with Gasteiger partial charge >= 0.3 is 0 Å². The van der Waals surface area contributed by atoms with Gasteiger partial charge in [0.05, 0.1) is 43.0 Å². The minimum atomic E-state index is 0.0506. The molecule has 3 heterocycles. The highest BCUT2D eigenvalue weighted by atomic mass is 16.5. The normalized spacial score (nSPS) is 14.6. The molecule has 1 saturated heterocycles. The van der Waals surface area contributed by atoms with Crippen molar-refractivity contribution in [1.29, 1.82) is 0 Å². The molecule has 166 valence electrons. The fourth-order valence-corrected chi connectivity index (χ4v) is 4.52. The molecule has 4 aromatic rings. The third-order valence-corrected chi connectivity index (χ3v) is 6.18. The Morgan fingerprint density at radius 3 is 2.09 bits per heavy atom. The van der Waals surface area contributed by atoms with E-state index in [1.807, 2.05) is 36.9 Å². The summed E-state index contributed by atoms with van der Waals surface area (Å²) in [6, 6.07) is 25.7. The Bertz CT molecular complexity index is 1120. The number of morpholine rings is 1. The number of hydrogen-bond donors (Lipinski definition) is 0. The van der Waals surface area contributed by atoms with Gasteiger partial charge in [-0.3, -0.25) is 9.97 Å². The Balaban J connectivity index is 1.64. The van der Waals surface area contributed by atoms with Gasteiger partial charge in [0, 0.05) is 31.2 Å². The van der Waals surface area contributed by atoms with Gasteiger partial charge in [-0.25, -0.2) is 0 Å². The first-order valence-electron chi connectivity index (χ1n) is 11.4. The van der Waals surface area contributed by atoms with Crippen molar-refractivity contribution in [1.82, 2.24) is 9.97 Å². The highest BCUT2D eigenvalue weighted by molar-refractivity contribution is 5.74. The molecule has 33 heavy (non-hydrogen) atoms. The van der Waals surface area contributed by atoms with Gasteiger partial charge < -0.3 is 14.5 Å². The molecule has 1 fully saturated rings. The van der Waals surface area contributed by atoms with Crippen LogP contribution in [0, 0.1) is 0 Å². The van der Waals surface area contributed by atoms with Crippen molar-refractivity contribution in [3.8, 4) is 11.1 Å². The fraction of sp³-hybridized carbons (Fsp3) is 0.214. The summed E-state index contributed by atoms with van der Waals surface area (Å²) in [4.78, 5) is 13.5.